The summed E-state index contributed by atoms with van der Waals surface area (Å²) in [6.45, 7) is 6.25. The molecule has 1 fully saturated rings. The number of nitrogens with zero attached hydrogens (tertiary/aromatic N) is 4. The van der Waals surface area contributed by atoms with Crippen LogP contribution in [0.5, 0.6) is 0 Å². The first kappa shape index (κ1) is 26.4. The quantitative estimate of drug-likeness (QED) is 0.329. The van der Waals surface area contributed by atoms with Crippen molar-refractivity contribution in [2.75, 3.05) is 32.9 Å². The predicted molar refractivity (Wildman–Crippen MR) is 154 cm³/mol. The molecule has 1 aromatic carbocycles. The number of rotatable bonds is 6. The Morgan fingerprint density at radius 1 is 1.18 bits per heavy atom. The average Bonchev–Trinajstić information content (AvgIpc) is 3.68. The minimum Gasteiger partial charge on any atom is -0.463 e. The van der Waals surface area contributed by atoms with Gasteiger partial charge in [-0.1, -0.05) is 35.6 Å². The fourth-order valence-corrected chi connectivity index (χ4v) is 7.09. The number of benzene rings is 1. The highest BCUT2D eigenvalue weighted by Crippen LogP contribution is 2.33. The zero-order chi connectivity index (χ0) is 27.8. The van der Waals surface area contributed by atoms with E-state index in [2.05, 4.69) is 4.99 Å². The Kier molecular flexibility index (Phi) is 7.26. The zero-order valence-corrected chi connectivity index (χ0v) is 23.8. The molecule has 1 saturated heterocycles. The first-order chi connectivity index (χ1) is 19.5. The number of carbonyl (C=O) groups is 2. The molecular formula is C29H28N4O5S2. The number of esters is 1. The number of amides is 1. The van der Waals surface area contributed by atoms with Crippen molar-refractivity contribution >= 4 is 51.5 Å². The minimum atomic E-state index is -0.607. The van der Waals surface area contributed by atoms with Gasteiger partial charge in [-0.05, 0) is 37.4 Å². The van der Waals surface area contributed by atoms with Crippen LogP contribution in [0.15, 0.2) is 69.0 Å². The first-order valence-corrected chi connectivity index (χ1v) is 14.8. The summed E-state index contributed by atoms with van der Waals surface area (Å²) in [5.74, 6) is -0.433. The highest BCUT2D eigenvalue weighted by atomic mass is 32.1. The molecule has 0 aliphatic carbocycles. The fraction of sp³-hybridized carbons (Fsp3) is 0.310. The number of thiazole rings is 1. The Hall–Kier alpha value is -3.80. The summed E-state index contributed by atoms with van der Waals surface area (Å²) in [6, 6.07) is 11.1. The third-order valence-electron chi connectivity index (χ3n) is 7.11. The molecule has 1 atom stereocenters. The summed E-state index contributed by atoms with van der Waals surface area (Å²) in [5, 5.41) is 2.87. The molecule has 2 aliphatic heterocycles. The van der Waals surface area contributed by atoms with Crippen LogP contribution < -0.4 is 14.9 Å². The van der Waals surface area contributed by atoms with Crippen molar-refractivity contribution < 1.29 is 19.1 Å². The Balaban J connectivity index is 1.45. The van der Waals surface area contributed by atoms with E-state index >= 15 is 0 Å². The number of hydrogen-bond acceptors (Lipinski definition) is 8. The molecule has 11 heteroatoms. The second kappa shape index (κ2) is 11.0. The molecule has 6 rings (SSSR count). The summed E-state index contributed by atoms with van der Waals surface area (Å²) in [5.41, 5.74) is 2.45. The topological polar surface area (TPSA) is 95.1 Å². The summed E-state index contributed by atoms with van der Waals surface area (Å²) in [4.78, 5) is 47.8. The van der Waals surface area contributed by atoms with Crippen molar-refractivity contribution in [2.45, 2.75) is 26.4 Å². The molecule has 0 bridgehead atoms. The van der Waals surface area contributed by atoms with Gasteiger partial charge in [-0.3, -0.25) is 14.2 Å². The van der Waals surface area contributed by atoms with E-state index in [4.69, 9.17) is 9.47 Å². The van der Waals surface area contributed by atoms with Gasteiger partial charge in [0.1, 0.15) is 12.6 Å². The van der Waals surface area contributed by atoms with Crippen molar-refractivity contribution in [3.05, 3.63) is 89.4 Å². The number of morpholine rings is 1. The van der Waals surface area contributed by atoms with E-state index < -0.39 is 12.0 Å². The second-order valence-electron chi connectivity index (χ2n) is 9.54. The molecule has 206 valence electrons. The van der Waals surface area contributed by atoms with Gasteiger partial charge in [0, 0.05) is 40.6 Å². The van der Waals surface area contributed by atoms with Gasteiger partial charge in [0.05, 0.1) is 35.6 Å². The van der Waals surface area contributed by atoms with Crippen LogP contribution in [0.25, 0.3) is 17.0 Å². The van der Waals surface area contributed by atoms with E-state index in [9.17, 15) is 14.4 Å². The minimum absolute atomic E-state index is 0.0351. The van der Waals surface area contributed by atoms with Crippen molar-refractivity contribution in [1.29, 1.82) is 0 Å². The highest BCUT2D eigenvalue weighted by molar-refractivity contribution is 7.10. The molecule has 40 heavy (non-hydrogen) atoms. The summed E-state index contributed by atoms with van der Waals surface area (Å²) >= 11 is 2.77. The smallest absolute Gasteiger partial charge is 0.338 e. The van der Waals surface area contributed by atoms with Crippen molar-refractivity contribution in [1.82, 2.24) is 14.0 Å². The summed E-state index contributed by atoms with van der Waals surface area (Å²) in [6.07, 6.45) is 3.78. The number of ether oxygens (including phenoxy) is 2. The maximum atomic E-state index is 13.9. The maximum absolute atomic E-state index is 13.9. The van der Waals surface area contributed by atoms with E-state index in [0.717, 1.165) is 21.3 Å². The number of thiophene rings is 1. The van der Waals surface area contributed by atoms with Crippen LogP contribution in [0, 0.1) is 0 Å². The largest absolute Gasteiger partial charge is 0.463 e. The lowest BCUT2D eigenvalue weighted by atomic mass is 10.0. The van der Waals surface area contributed by atoms with Crippen LogP contribution in [-0.2, 0) is 25.6 Å². The second-order valence-corrected chi connectivity index (χ2v) is 11.5. The number of hydrogen-bond donors (Lipinski definition) is 0. The van der Waals surface area contributed by atoms with Gasteiger partial charge in [-0.15, -0.1) is 11.3 Å². The lowest BCUT2D eigenvalue weighted by Crippen LogP contribution is -2.42. The van der Waals surface area contributed by atoms with Gasteiger partial charge in [0.2, 0.25) is 5.91 Å². The van der Waals surface area contributed by atoms with Crippen LogP contribution in [0.1, 0.15) is 30.3 Å². The molecular weight excluding hydrogens is 548 g/mol. The van der Waals surface area contributed by atoms with Crippen LogP contribution >= 0.6 is 22.7 Å². The standard InChI is InChI=1S/C29H28N4O5S2/c1-3-38-28(36)25-18(2)30-29-33(26(25)22-9-6-14-39-22)27(35)23(40-29)15-19-16-32(21-8-5-4-7-20(19)21)17-24(34)31-10-12-37-13-11-31/h4-9,14-16,26H,3,10-13,17H2,1-2H3/b23-15+/t26-/m1/s1. The molecule has 0 spiro atoms. The van der Waals surface area contributed by atoms with Gasteiger partial charge in [-0.25, -0.2) is 9.79 Å². The van der Waals surface area contributed by atoms with E-state index in [1.807, 2.05) is 63.5 Å². The average molecular weight is 577 g/mol. The number of carbonyl (C=O) groups excluding carboxylic acids is 2. The maximum Gasteiger partial charge on any atom is 0.338 e. The fourth-order valence-electron chi connectivity index (χ4n) is 5.23. The van der Waals surface area contributed by atoms with Crippen LogP contribution in [0.2, 0.25) is 0 Å². The zero-order valence-electron chi connectivity index (χ0n) is 22.2. The molecule has 1 amide bonds. The molecule has 0 N–H and O–H groups in total. The highest BCUT2D eigenvalue weighted by Gasteiger charge is 2.34. The van der Waals surface area contributed by atoms with Crippen molar-refractivity contribution in [3.63, 3.8) is 0 Å². The van der Waals surface area contributed by atoms with E-state index in [1.165, 1.54) is 22.7 Å². The molecule has 0 unspecified atom stereocenters. The van der Waals surface area contributed by atoms with Gasteiger partial charge >= 0.3 is 5.97 Å². The van der Waals surface area contributed by atoms with Crippen LogP contribution in [-0.4, -0.2) is 58.8 Å². The predicted octanol–water partition coefficient (Wildman–Crippen LogP) is 2.67. The Morgan fingerprint density at radius 3 is 2.73 bits per heavy atom. The Bertz CT molecular complexity index is 1810. The van der Waals surface area contributed by atoms with Gasteiger partial charge in [0.15, 0.2) is 4.80 Å². The van der Waals surface area contributed by atoms with Crippen molar-refractivity contribution in [2.24, 2.45) is 4.99 Å². The first-order valence-electron chi connectivity index (χ1n) is 13.1. The Morgan fingerprint density at radius 2 is 1.98 bits per heavy atom. The number of allylic oxidation sites excluding steroid dienone is 1. The molecule has 9 nitrogen and oxygen atoms in total. The number of fused-ring (bicyclic) bond motifs is 2. The third kappa shape index (κ3) is 4.74. The molecule has 2 aliphatic rings. The molecule has 0 saturated carbocycles. The van der Waals surface area contributed by atoms with Crippen LogP contribution in [0.4, 0.5) is 0 Å². The summed E-state index contributed by atoms with van der Waals surface area (Å²) < 4.78 is 14.8. The molecule has 4 aromatic rings. The Labute approximate surface area is 237 Å². The van der Waals surface area contributed by atoms with Gasteiger partial charge in [-0.2, -0.15) is 0 Å². The SMILES string of the molecule is CCOC(=O)C1=C(C)N=c2s/c(=C/c3cn(CC(=O)N4CCOCC4)c4ccccc34)c(=O)n2[C@@H]1c1cccs1. The number of para-hydroxylation sites is 1. The van der Waals surface area contributed by atoms with Gasteiger partial charge in [0.25, 0.3) is 5.56 Å². The third-order valence-corrected chi connectivity index (χ3v) is 9.01. The van der Waals surface area contributed by atoms with E-state index in [0.29, 0.717) is 46.9 Å². The van der Waals surface area contributed by atoms with Crippen molar-refractivity contribution in [3.8, 4) is 0 Å². The molecule has 5 heterocycles. The van der Waals surface area contributed by atoms with E-state index in [1.54, 1.807) is 18.4 Å². The monoisotopic (exact) mass is 576 g/mol. The molecule has 0 radical (unpaired) electrons. The van der Waals surface area contributed by atoms with Gasteiger partial charge < -0.3 is 18.9 Å². The normalized spacial score (nSPS) is 17.7. The number of aromatic nitrogens is 2. The summed E-state index contributed by atoms with van der Waals surface area (Å²) in [7, 11) is 0. The lowest BCUT2D eigenvalue weighted by Gasteiger charge is -2.27. The van der Waals surface area contributed by atoms with E-state index in [-0.39, 0.29) is 24.6 Å². The lowest BCUT2D eigenvalue weighted by molar-refractivity contribution is -0.139. The van der Waals surface area contributed by atoms with Crippen LogP contribution in [0.3, 0.4) is 0 Å². The molecule has 3 aromatic heterocycles.